The Morgan fingerprint density at radius 3 is 2.12 bits per heavy atom. The molecule has 8 heteroatoms. The van der Waals surface area contributed by atoms with Crippen LogP contribution in [0.25, 0.3) is 11.1 Å². The van der Waals surface area contributed by atoms with E-state index in [1.165, 1.54) is 0 Å². The van der Waals surface area contributed by atoms with Crippen LogP contribution in [0.15, 0.2) is 91.0 Å². The van der Waals surface area contributed by atoms with Gasteiger partial charge in [0.15, 0.2) is 0 Å². The van der Waals surface area contributed by atoms with Gasteiger partial charge in [-0.25, -0.2) is 4.79 Å². The van der Waals surface area contributed by atoms with Crippen LogP contribution in [0.5, 0.6) is 17.2 Å². The van der Waals surface area contributed by atoms with Crippen LogP contribution in [0.4, 0.5) is 10.5 Å². The Morgan fingerprint density at radius 1 is 0.786 bits per heavy atom. The van der Waals surface area contributed by atoms with Gasteiger partial charge < -0.3 is 24.6 Å². The van der Waals surface area contributed by atoms with E-state index in [9.17, 15) is 9.59 Å². The molecule has 0 aliphatic heterocycles. The van der Waals surface area contributed by atoms with Crippen LogP contribution in [0.2, 0.25) is 0 Å². The monoisotopic (exact) mass is 568 g/mol. The van der Waals surface area contributed by atoms with Crippen molar-refractivity contribution in [3.63, 3.8) is 0 Å². The molecule has 0 aliphatic carbocycles. The number of aliphatic carboxylic acids is 1. The fourth-order valence-electron chi connectivity index (χ4n) is 4.48. The Hall–Kier alpha value is -4.98. The van der Waals surface area contributed by atoms with E-state index in [2.05, 4.69) is 5.32 Å². The number of carbonyl (C=O) groups is 2. The second kappa shape index (κ2) is 14.6. The number of ether oxygens (including phenoxy) is 3. The number of carboxylic acids is 1. The summed E-state index contributed by atoms with van der Waals surface area (Å²) in [7, 11) is 4.99. The summed E-state index contributed by atoms with van der Waals surface area (Å²) in [6.45, 7) is 0.809. The minimum atomic E-state index is -0.829. The van der Waals surface area contributed by atoms with Gasteiger partial charge in [0.25, 0.3) is 0 Å². The average molecular weight is 569 g/mol. The van der Waals surface area contributed by atoms with Crippen LogP contribution in [-0.2, 0) is 24.2 Å². The van der Waals surface area contributed by atoms with Crippen LogP contribution in [-0.4, -0.2) is 44.9 Å². The van der Waals surface area contributed by atoms with E-state index < -0.39 is 5.97 Å². The van der Waals surface area contributed by atoms with E-state index in [0.717, 1.165) is 39.3 Å². The Morgan fingerprint density at radius 2 is 1.45 bits per heavy atom. The number of rotatable bonds is 13. The average Bonchev–Trinajstić information content (AvgIpc) is 3.02. The molecule has 2 N–H and O–H groups in total. The molecule has 0 fully saturated rings. The quantitative estimate of drug-likeness (QED) is 0.195. The first-order chi connectivity index (χ1) is 20.4. The maximum atomic E-state index is 13.0. The number of benzene rings is 4. The Balaban J connectivity index is 1.52. The van der Waals surface area contributed by atoms with Crippen molar-refractivity contribution in [3.05, 3.63) is 108 Å². The smallest absolute Gasteiger partial charge is 0.321 e. The van der Waals surface area contributed by atoms with Gasteiger partial charge in [0, 0.05) is 31.3 Å². The summed E-state index contributed by atoms with van der Waals surface area (Å²) in [6.07, 6.45) is 1.20. The third kappa shape index (κ3) is 8.27. The molecule has 0 spiro atoms. The van der Waals surface area contributed by atoms with Crippen LogP contribution >= 0.6 is 0 Å². The van der Waals surface area contributed by atoms with Crippen LogP contribution in [0.3, 0.4) is 0 Å². The summed E-state index contributed by atoms with van der Waals surface area (Å²) in [6, 6.07) is 28.6. The fourth-order valence-corrected chi connectivity index (χ4v) is 4.48. The molecular weight excluding hydrogens is 532 g/mol. The molecule has 4 aromatic rings. The van der Waals surface area contributed by atoms with Gasteiger partial charge in [0.1, 0.15) is 23.9 Å². The van der Waals surface area contributed by atoms with E-state index in [-0.39, 0.29) is 12.5 Å². The summed E-state index contributed by atoms with van der Waals surface area (Å²) in [5, 5.41) is 12.0. The van der Waals surface area contributed by atoms with Gasteiger partial charge in [0.05, 0.1) is 14.2 Å². The zero-order chi connectivity index (χ0) is 29.9. The predicted molar refractivity (Wildman–Crippen MR) is 164 cm³/mol. The maximum absolute atomic E-state index is 13.0. The molecule has 2 amide bonds. The number of nitrogens with zero attached hydrogens (tertiary/aromatic N) is 1. The zero-order valence-corrected chi connectivity index (χ0v) is 24.1. The van der Waals surface area contributed by atoms with Gasteiger partial charge in [-0.1, -0.05) is 48.5 Å². The lowest BCUT2D eigenvalue weighted by molar-refractivity contribution is -0.136. The predicted octanol–water partition coefficient (Wildman–Crippen LogP) is 6.36. The van der Waals surface area contributed by atoms with Crippen molar-refractivity contribution in [2.45, 2.75) is 25.9 Å². The molecule has 8 nitrogen and oxygen atoms in total. The Labute approximate surface area is 246 Å². The van der Waals surface area contributed by atoms with Gasteiger partial charge in [-0.05, 0) is 77.6 Å². The first-order valence-electron chi connectivity index (χ1n) is 13.7. The number of aryl methyl sites for hydroxylation is 1. The van der Waals surface area contributed by atoms with E-state index in [1.54, 1.807) is 26.2 Å². The van der Waals surface area contributed by atoms with E-state index in [4.69, 9.17) is 19.3 Å². The van der Waals surface area contributed by atoms with Gasteiger partial charge in [0.2, 0.25) is 0 Å². The van der Waals surface area contributed by atoms with Crippen molar-refractivity contribution in [1.29, 1.82) is 0 Å². The molecule has 0 unspecified atom stereocenters. The molecule has 0 bridgehead atoms. The molecular formula is C34H36N2O6. The first-order valence-corrected chi connectivity index (χ1v) is 13.7. The van der Waals surface area contributed by atoms with Gasteiger partial charge in [-0.3, -0.25) is 9.69 Å². The summed E-state index contributed by atoms with van der Waals surface area (Å²) >= 11 is 0. The lowest BCUT2D eigenvalue weighted by atomic mass is 10.0. The largest absolute Gasteiger partial charge is 0.497 e. The molecule has 0 radical (unpaired) electrons. The zero-order valence-electron chi connectivity index (χ0n) is 24.1. The van der Waals surface area contributed by atoms with Gasteiger partial charge in [-0.15, -0.1) is 0 Å². The third-order valence-corrected chi connectivity index (χ3v) is 6.90. The van der Waals surface area contributed by atoms with E-state index in [0.29, 0.717) is 37.4 Å². The summed E-state index contributed by atoms with van der Waals surface area (Å²) in [5.74, 6) is 1.37. The van der Waals surface area contributed by atoms with Gasteiger partial charge in [-0.2, -0.15) is 0 Å². The standard InChI is InChI=1S/C34H36N2O6/c1-36(34(39)35-19-18-25-6-4-8-29(20-25)40-2)28-15-16-32(42-23-26-7-5-9-30(21-26)41-3)31(22-28)27-13-10-24(11-14-27)12-17-33(37)38/h4-11,13-16,20-22H,12,17-19,23H2,1-3H3,(H,35,39)(H,37,38). The minimum Gasteiger partial charge on any atom is -0.497 e. The van der Waals surface area contributed by atoms with Crippen molar-refractivity contribution >= 4 is 17.7 Å². The molecule has 42 heavy (non-hydrogen) atoms. The third-order valence-electron chi connectivity index (χ3n) is 6.90. The van der Waals surface area contributed by atoms with Crippen LogP contribution < -0.4 is 24.4 Å². The number of anilines is 1. The van der Waals surface area contributed by atoms with Crippen molar-refractivity contribution < 1.29 is 28.9 Å². The molecule has 0 saturated carbocycles. The number of methoxy groups -OCH3 is 2. The Bertz CT molecular complexity index is 1500. The highest BCUT2D eigenvalue weighted by Gasteiger charge is 2.15. The van der Waals surface area contributed by atoms with Crippen molar-refractivity contribution in [1.82, 2.24) is 5.32 Å². The molecule has 0 aromatic heterocycles. The summed E-state index contributed by atoms with van der Waals surface area (Å²) < 4.78 is 16.9. The lowest BCUT2D eigenvalue weighted by Crippen LogP contribution is -2.38. The SMILES string of the molecule is COc1cccc(CCNC(=O)N(C)c2ccc(OCc3cccc(OC)c3)c(-c3ccc(CCC(=O)O)cc3)c2)c1. The topological polar surface area (TPSA) is 97.3 Å². The minimum absolute atomic E-state index is 0.0709. The number of nitrogens with one attached hydrogen (secondary N) is 1. The summed E-state index contributed by atoms with van der Waals surface area (Å²) in [5.41, 5.74) is 5.38. The number of carboxylic acid groups (broad SMARTS) is 1. The van der Waals surface area contributed by atoms with Crippen LogP contribution in [0.1, 0.15) is 23.1 Å². The Kier molecular flexibility index (Phi) is 10.4. The van der Waals surface area contributed by atoms with E-state index in [1.807, 2.05) is 91.0 Å². The highest BCUT2D eigenvalue weighted by atomic mass is 16.5. The van der Waals surface area contributed by atoms with Crippen molar-refractivity contribution in [3.8, 4) is 28.4 Å². The first kappa shape index (κ1) is 30.0. The summed E-state index contributed by atoms with van der Waals surface area (Å²) in [4.78, 5) is 25.6. The second-order valence-corrected chi connectivity index (χ2v) is 9.80. The highest BCUT2D eigenvalue weighted by Crippen LogP contribution is 2.35. The number of amides is 2. The number of hydrogen-bond acceptors (Lipinski definition) is 5. The molecule has 0 heterocycles. The number of hydrogen-bond donors (Lipinski definition) is 2. The van der Waals surface area contributed by atoms with E-state index >= 15 is 0 Å². The molecule has 0 aliphatic rings. The normalized spacial score (nSPS) is 10.5. The van der Waals surface area contributed by atoms with Crippen molar-refractivity contribution in [2.24, 2.45) is 0 Å². The molecule has 4 aromatic carbocycles. The molecule has 4 rings (SSSR count). The molecule has 0 atom stereocenters. The van der Waals surface area contributed by atoms with Gasteiger partial charge >= 0.3 is 12.0 Å². The number of urea groups is 1. The maximum Gasteiger partial charge on any atom is 0.321 e. The highest BCUT2D eigenvalue weighted by molar-refractivity contribution is 5.92. The molecule has 218 valence electrons. The van der Waals surface area contributed by atoms with Crippen molar-refractivity contribution in [2.75, 3.05) is 32.7 Å². The fraction of sp³-hybridized carbons (Fsp3) is 0.235. The number of carbonyl (C=O) groups excluding carboxylic acids is 1. The molecule has 0 saturated heterocycles. The second-order valence-electron chi connectivity index (χ2n) is 9.80. The van der Waals surface area contributed by atoms with Crippen LogP contribution in [0, 0.1) is 0 Å². The lowest BCUT2D eigenvalue weighted by Gasteiger charge is -2.21.